The Kier molecular flexibility index (Phi) is 10.6. The quantitative estimate of drug-likeness (QED) is 0.644. The SMILES string of the molecule is CCC[Si](C)(OC)OC.O[SiH3]. The summed E-state index contributed by atoms with van der Waals surface area (Å²) in [6, 6.07) is 1.08. The molecule has 0 aromatic heterocycles. The van der Waals surface area contributed by atoms with Crippen LogP contribution in [-0.4, -0.2) is 38.1 Å². The van der Waals surface area contributed by atoms with Gasteiger partial charge < -0.3 is 13.6 Å². The molecule has 0 aliphatic carbocycles. The molecule has 0 unspecified atom stereocenters. The minimum absolute atomic E-state index is 0.306. The van der Waals surface area contributed by atoms with Crippen LogP contribution in [0.2, 0.25) is 12.6 Å². The molecule has 0 aromatic carbocycles. The summed E-state index contributed by atoms with van der Waals surface area (Å²) in [6.45, 7) is 4.22. The summed E-state index contributed by atoms with van der Waals surface area (Å²) < 4.78 is 10.5. The van der Waals surface area contributed by atoms with Crippen molar-refractivity contribution in [2.24, 2.45) is 0 Å². The number of rotatable bonds is 4. The first-order chi connectivity index (χ1) is 5.18. The van der Waals surface area contributed by atoms with Crippen molar-refractivity contribution in [2.45, 2.75) is 25.9 Å². The van der Waals surface area contributed by atoms with Crippen molar-refractivity contribution in [3.8, 4) is 0 Å². The van der Waals surface area contributed by atoms with Gasteiger partial charge in [-0.15, -0.1) is 0 Å². The summed E-state index contributed by atoms with van der Waals surface area (Å²) in [5.41, 5.74) is 0. The predicted octanol–water partition coefficient (Wildman–Crippen LogP) is 0.0203. The lowest BCUT2D eigenvalue weighted by Crippen LogP contribution is -2.35. The third-order valence-electron chi connectivity index (χ3n) is 1.57. The topological polar surface area (TPSA) is 38.7 Å². The molecule has 11 heavy (non-hydrogen) atoms. The standard InChI is InChI=1S/C6H16O2Si.H4OSi/c1-5-6-9(4,7-2)8-3;1-2/h5-6H2,1-4H3;1H,2H3. The highest BCUT2D eigenvalue weighted by Crippen LogP contribution is 2.12. The molecule has 0 fully saturated rings. The monoisotopic (exact) mass is 196 g/mol. The van der Waals surface area contributed by atoms with Crippen LogP contribution in [0.25, 0.3) is 0 Å². The van der Waals surface area contributed by atoms with Gasteiger partial charge in [-0.2, -0.15) is 0 Å². The zero-order valence-electron chi connectivity index (χ0n) is 8.18. The third kappa shape index (κ3) is 6.70. The third-order valence-corrected chi connectivity index (χ3v) is 4.70. The van der Waals surface area contributed by atoms with E-state index in [1.807, 2.05) is 0 Å². The molecule has 5 heteroatoms. The predicted molar refractivity (Wildman–Crippen MR) is 52.9 cm³/mol. The molecule has 0 atom stereocenters. The van der Waals surface area contributed by atoms with E-state index in [1.54, 1.807) is 14.2 Å². The van der Waals surface area contributed by atoms with Crippen LogP contribution in [0, 0.1) is 0 Å². The van der Waals surface area contributed by atoms with Gasteiger partial charge in [0.2, 0.25) is 0 Å². The normalized spacial score (nSPS) is 10.6. The van der Waals surface area contributed by atoms with Gasteiger partial charge in [0.05, 0.1) is 0 Å². The van der Waals surface area contributed by atoms with Crippen LogP contribution < -0.4 is 0 Å². The van der Waals surface area contributed by atoms with Crippen LogP contribution >= 0.6 is 0 Å². The van der Waals surface area contributed by atoms with Crippen molar-refractivity contribution >= 4 is 19.0 Å². The van der Waals surface area contributed by atoms with E-state index in [9.17, 15) is 0 Å². The van der Waals surface area contributed by atoms with E-state index in [0.717, 1.165) is 12.5 Å². The van der Waals surface area contributed by atoms with Crippen molar-refractivity contribution < 1.29 is 13.6 Å². The second-order valence-electron chi connectivity index (χ2n) is 2.29. The lowest BCUT2D eigenvalue weighted by atomic mass is 10.6. The summed E-state index contributed by atoms with van der Waals surface area (Å²) in [4.78, 5) is 7.14. The van der Waals surface area contributed by atoms with Gasteiger partial charge in [-0.1, -0.05) is 13.3 Å². The second-order valence-corrected chi connectivity index (χ2v) is 5.88. The molecule has 3 nitrogen and oxygen atoms in total. The molecule has 0 radical (unpaired) electrons. The first-order valence-corrected chi connectivity index (χ1v) is 7.15. The van der Waals surface area contributed by atoms with Crippen LogP contribution in [0.3, 0.4) is 0 Å². The van der Waals surface area contributed by atoms with E-state index in [1.165, 1.54) is 0 Å². The van der Waals surface area contributed by atoms with Gasteiger partial charge in [0.15, 0.2) is 0 Å². The van der Waals surface area contributed by atoms with Gasteiger partial charge >= 0.3 is 8.56 Å². The average Bonchev–Trinajstić information content (AvgIpc) is 2.08. The lowest BCUT2D eigenvalue weighted by Gasteiger charge is -2.21. The van der Waals surface area contributed by atoms with Crippen molar-refractivity contribution in [3.63, 3.8) is 0 Å². The Balaban J connectivity index is 0. The van der Waals surface area contributed by atoms with Gasteiger partial charge in [-0.25, -0.2) is 0 Å². The van der Waals surface area contributed by atoms with E-state index < -0.39 is 8.56 Å². The van der Waals surface area contributed by atoms with Gasteiger partial charge in [0.1, 0.15) is 10.5 Å². The van der Waals surface area contributed by atoms with Crippen molar-refractivity contribution in [2.75, 3.05) is 14.2 Å². The maximum Gasteiger partial charge on any atom is 0.334 e. The van der Waals surface area contributed by atoms with Crippen LogP contribution in [0.5, 0.6) is 0 Å². The van der Waals surface area contributed by atoms with Crippen molar-refractivity contribution in [1.29, 1.82) is 0 Å². The Bertz CT molecular complexity index is 76.2. The molecule has 0 bridgehead atoms. The van der Waals surface area contributed by atoms with E-state index in [2.05, 4.69) is 13.5 Å². The van der Waals surface area contributed by atoms with E-state index in [-0.39, 0.29) is 0 Å². The first-order valence-electron chi connectivity index (χ1n) is 3.73. The largest absolute Gasteiger partial charge is 0.442 e. The summed E-state index contributed by atoms with van der Waals surface area (Å²) in [5.74, 6) is 0. The Morgan fingerprint density at radius 1 is 1.27 bits per heavy atom. The smallest absolute Gasteiger partial charge is 0.334 e. The summed E-state index contributed by atoms with van der Waals surface area (Å²) in [6.07, 6.45) is 1.14. The average molecular weight is 196 g/mol. The molecule has 0 saturated heterocycles. The summed E-state index contributed by atoms with van der Waals surface area (Å²) in [7, 11) is 2.06. The maximum atomic E-state index is 7.14. The first kappa shape index (κ1) is 13.9. The number of hydrogen-bond donors (Lipinski definition) is 1. The zero-order chi connectivity index (χ0) is 9.33. The highest BCUT2D eigenvalue weighted by atomic mass is 28.4. The molecule has 0 amide bonds. The van der Waals surface area contributed by atoms with Crippen molar-refractivity contribution in [1.82, 2.24) is 0 Å². The highest BCUT2D eigenvalue weighted by molar-refractivity contribution is 6.65. The van der Waals surface area contributed by atoms with Crippen LogP contribution in [0.1, 0.15) is 13.3 Å². The Labute approximate surface area is 73.5 Å². The van der Waals surface area contributed by atoms with Gasteiger partial charge in [0, 0.05) is 14.2 Å². The van der Waals surface area contributed by atoms with Gasteiger partial charge in [-0.3, -0.25) is 0 Å². The zero-order valence-corrected chi connectivity index (χ0v) is 11.2. The lowest BCUT2D eigenvalue weighted by molar-refractivity contribution is 0.249. The number of hydrogen-bond acceptors (Lipinski definition) is 3. The molecular formula is C6H20O3Si2. The van der Waals surface area contributed by atoms with Crippen LogP contribution in [0.15, 0.2) is 0 Å². The summed E-state index contributed by atoms with van der Waals surface area (Å²) >= 11 is 0. The van der Waals surface area contributed by atoms with Gasteiger partial charge in [0.25, 0.3) is 0 Å². The van der Waals surface area contributed by atoms with Gasteiger partial charge in [-0.05, 0) is 12.6 Å². The minimum atomic E-state index is -1.70. The van der Waals surface area contributed by atoms with E-state index in [4.69, 9.17) is 13.6 Å². The van der Waals surface area contributed by atoms with E-state index >= 15 is 0 Å². The fourth-order valence-electron chi connectivity index (χ4n) is 0.742. The Morgan fingerprint density at radius 2 is 1.64 bits per heavy atom. The molecule has 0 aliphatic rings. The highest BCUT2D eigenvalue weighted by Gasteiger charge is 2.26. The molecule has 0 spiro atoms. The Morgan fingerprint density at radius 3 is 1.73 bits per heavy atom. The molecule has 0 aliphatic heterocycles. The fourth-order valence-corrected chi connectivity index (χ4v) is 2.22. The molecule has 70 valence electrons. The molecule has 1 N–H and O–H groups in total. The van der Waals surface area contributed by atoms with E-state index in [0.29, 0.717) is 10.5 Å². The molecule has 0 saturated carbocycles. The molecular weight excluding hydrogens is 176 g/mol. The second kappa shape index (κ2) is 8.41. The molecule has 0 aromatic rings. The van der Waals surface area contributed by atoms with Crippen LogP contribution in [-0.2, 0) is 8.85 Å². The van der Waals surface area contributed by atoms with Crippen LogP contribution in [0.4, 0.5) is 0 Å². The fraction of sp³-hybridized carbons (Fsp3) is 1.00. The summed E-state index contributed by atoms with van der Waals surface area (Å²) in [5, 5.41) is 0. The Hall–Kier alpha value is 0.314. The molecule has 0 rings (SSSR count). The van der Waals surface area contributed by atoms with Crippen molar-refractivity contribution in [3.05, 3.63) is 0 Å². The minimum Gasteiger partial charge on any atom is -0.442 e. The maximum absolute atomic E-state index is 7.14. The molecule has 0 heterocycles.